The van der Waals surface area contributed by atoms with E-state index in [-0.39, 0.29) is 11.6 Å². The molecule has 0 bridgehead atoms. The number of aryl methyl sites for hydroxylation is 1. The molecule has 1 fully saturated rings. The Morgan fingerprint density at radius 3 is 3.00 bits per heavy atom. The van der Waals surface area contributed by atoms with Gasteiger partial charge in [0.15, 0.2) is 5.16 Å². The number of rotatable bonds is 6. The summed E-state index contributed by atoms with van der Waals surface area (Å²) in [6.07, 6.45) is 3.57. The van der Waals surface area contributed by atoms with E-state index in [0.29, 0.717) is 5.16 Å². The third kappa shape index (κ3) is 2.95. The minimum atomic E-state index is -0.873. The number of thioether (sulfide) groups is 1. The first-order valence-electron chi connectivity index (χ1n) is 6.64. The molecule has 0 atom stereocenters. The molecule has 1 aromatic carbocycles. The van der Waals surface area contributed by atoms with Crippen molar-refractivity contribution in [1.82, 2.24) is 9.55 Å². The van der Waals surface area contributed by atoms with Crippen LogP contribution in [0.1, 0.15) is 19.3 Å². The van der Waals surface area contributed by atoms with Gasteiger partial charge in [-0.2, -0.15) is 0 Å². The third-order valence-electron chi connectivity index (χ3n) is 3.46. The molecule has 1 aliphatic carbocycles. The Kier molecular flexibility index (Phi) is 3.65. The van der Waals surface area contributed by atoms with Crippen molar-refractivity contribution in [2.24, 2.45) is 5.92 Å². The molecule has 4 nitrogen and oxygen atoms in total. The van der Waals surface area contributed by atoms with Crippen molar-refractivity contribution in [2.45, 2.75) is 31.0 Å². The number of carboxylic acids is 1. The fourth-order valence-corrected chi connectivity index (χ4v) is 3.01. The standard InChI is InChI=1S/C14H15FN2O2S/c15-10-3-4-11-12(7-10)17(6-5-9-1-2-9)14(16-11)20-8-13(18)19/h3-4,7,9H,1-2,5-6,8H2,(H,18,19). The topological polar surface area (TPSA) is 55.1 Å². The first-order chi connectivity index (χ1) is 9.63. The summed E-state index contributed by atoms with van der Waals surface area (Å²) in [5.74, 6) is -0.435. The molecule has 0 radical (unpaired) electrons. The molecule has 3 rings (SSSR count). The molecule has 0 aliphatic heterocycles. The van der Waals surface area contributed by atoms with Crippen LogP contribution >= 0.6 is 11.8 Å². The minimum Gasteiger partial charge on any atom is -0.481 e. The predicted octanol–water partition coefficient (Wildman–Crippen LogP) is 3.15. The van der Waals surface area contributed by atoms with Crippen molar-refractivity contribution >= 4 is 28.8 Å². The summed E-state index contributed by atoms with van der Waals surface area (Å²) in [5.41, 5.74) is 1.47. The second-order valence-corrected chi connectivity index (χ2v) is 6.04. The van der Waals surface area contributed by atoms with E-state index in [9.17, 15) is 9.18 Å². The van der Waals surface area contributed by atoms with Crippen molar-refractivity contribution < 1.29 is 14.3 Å². The van der Waals surface area contributed by atoms with Gasteiger partial charge in [0.05, 0.1) is 16.8 Å². The summed E-state index contributed by atoms with van der Waals surface area (Å²) in [6.45, 7) is 0.770. The molecule has 0 saturated heterocycles. The number of imidazole rings is 1. The summed E-state index contributed by atoms with van der Waals surface area (Å²) in [5, 5.41) is 9.46. The zero-order valence-electron chi connectivity index (χ0n) is 10.9. The van der Waals surface area contributed by atoms with E-state index in [2.05, 4.69) is 4.98 Å². The van der Waals surface area contributed by atoms with Crippen LogP contribution in [0.5, 0.6) is 0 Å². The van der Waals surface area contributed by atoms with Crippen LogP contribution in [0.2, 0.25) is 0 Å². The fraction of sp³-hybridized carbons (Fsp3) is 0.429. The maximum Gasteiger partial charge on any atom is 0.313 e. The number of hydrogen-bond donors (Lipinski definition) is 1. The van der Waals surface area contributed by atoms with Crippen molar-refractivity contribution in [3.05, 3.63) is 24.0 Å². The summed E-state index contributed by atoms with van der Waals surface area (Å²) < 4.78 is 15.4. The Hall–Kier alpha value is -1.56. The number of fused-ring (bicyclic) bond motifs is 1. The van der Waals surface area contributed by atoms with Crippen molar-refractivity contribution in [3.63, 3.8) is 0 Å². The Balaban J connectivity index is 1.92. The smallest absolute Gasteiger partial charge is 0.313 e. The first-order valence-corrected chi connectivity index (χ1v) is 7.62. The Bertz CT molecular complexity index is 652. The lowest BCUT2D eigenvalue weighted by molar-refractivity contribution is -0.133. The molecule has 1 saturated carbocycles. The van der Waals surface area contributed by atoms with E-state index in [1.54, 1.807) is 6.07 Å². The van der Waals surface area contributed by atoms with Gasteiger partial charge in [-0.15, -0.1) is 0 Å². The molecule has 2 aromatic rings. The van der Waals surface area contributed by atoms with Gasteiger partial charge in [-0.05, 0) is 30.5 Å². The van der Waals surface area contributed by atoms with Crippen LogP contribution in [0.15, 0.2) is 23.4 Å². The molecule has 1 aliphatic rings. The number of nitrogens with zero attached hydrogens (tertiary/aromatic N) is 2. The number of aromatic nitrogens is 2. The molecular weight excluding hydrogens is 279 g/mol. The number of carboxylic acid groups (broad SMARTS) is 1. The average molecular weight is 294 g/mol. The Morgan fingerprint density at radius 2 is 2.30 bits per heavy atom. The van der Waals surface area contributed by atoms with Gasteiger partial charge in [-0.25, -0.2) is 9.37 Å². The lowest BCUT2D eigenvalue weighted by Gasteiger charge is -2.07. The van der Waals surface area contributed by atoms with Crippen LogP contribution in [0, 0.1) is 11.7 Å². The van der Waals surface area contributed by atoms with Crippen molar-refractivity contribution in [3.8, 4) is 0 Å². The monoisotopic (exact) mass is 294 g/mol. The zero-order chi connectivity index (χ0) is 14.1. The summed E-state index contributed by atoms with van der Waals surface area (Å²) >= 11 is 1.19. The van der Waals surface area contributed by atoms with Crippen LogP contribution in [0.4, 0.5) is 4.39 Å². The zero-order valence-corrected chi connectivity index (χ0v) is 11.7. The summed E-state index contributed by atoms with van der Waals surface area (Å²) in [4.78, 5) is 15.1. The van der Waals surface area contributed by atoms with Gasteiger partial charge in [0.1, 0.15) is 5.82 Å². The van der Waals surface area contributed by atoms with Gasteiger partial charge >= 0.3 is 5.97 Å². The van der Waals surface area contributed by atoms with Gasteiger partial charge in [0, 0.05) is 6.54 Å². The highest BCUT2D eigenvalue weighted by Gasteiger charge is 2.22. The normalized spacial score (nSPS) is 14.8. The molecular formula is C14H15FN2O2S. The quantitative estimate of drug-likeness (QED) is 0.832. The highest BCUT2D eigenvalue weighted by Crippen LogP contribution is 2.34. The predicted molar refractivity (Wildman–Crippen MR) is 75.4 cm³/mol. The maximum absolute atomic E-state index is 13.4. The van der Waals surface area contributed by atoms with E-state index in [1.807, 2.05) is 4.57 Å². The van der Waals surface area contributed by atoms with E-state index in [4.69, 9.17) is 5.11 Å². The minimum absolute atomic E-state index is 0.0325. The highest BCUT2D eigenvalue weighted by molar-refractivity contribution is 7.99. The maximum atomic E-state index is 13.4. The lowest BCUT2D eigenvalue weighted by Crippen LogP contribution is -2.04. The SMILES string of the molecule is O=C(O)CSc1nc2ccc(F)cc2n1CCC1CC1. The molecule has 106 valence electrons. The number of carbonyl (C=O) groups is 1. The Morgan fingerprint density at radius 1 is 1.50 bits per heavy atom. The van der Waals surface area contributed by atoms with Crippen LogP contribution < -0.4 is 0 Å². The molecule has 1 aromatic heterocycles. The van der Waals surface area contributed by atoms with E-state index >= 15 is 0 Å². The molecule has 0 amide bonds. The van der Waals surface area contributed by atoms with E-state index < -0.39 is 5.97 Å². The van der Waals surface area contributed by atoms with Crippen molar-refractivity contribution in [2.75, 3.05) is 5.75 Å². The average Bonchev–Trinajstić information content (AvgIpc) is 3.16. The molecule has 6 heteroatoms. The molecule has 1 N–H and O–H groups in total. The molecule has 20 heavy (non-hydrogen) atoms. The van der Waals surface area contributed by atoms with Crippen molar-refractivity contribution in [1.29, 1.82) is 0 Å². The van der Waals surface area contributed by atoms with Gasteiger partial charge in [-0.1, -0.05) is 24.6 Å². The highest BCUT2D eigenvalue weighted by atomic mass is 32.2. The second-order valence-electron chi connectivity index (χ2n) is 5.09. The largest absolute Gasteiger partial charge is 0.481 e. The second kappa shape index (κ2) is 5.44. The van der Waals surface area contributed by atoms with Gasteiger partial charge < -0.3 is 9.67 Å². The van der Waals surface area contributed by atoms with E-state index in [1.165, 1.54) is 36.7 Å². The number of hydrogen-bond acceptors (Lipinski definition) is 3. The summed E-state index contributed by atoms with van der Waals surface area (Å²) in [6, 6.07) is 4.50. The third-order valence-corrected chi connectivity index (χ3v) is 4.42. The van der Waals surface area contributed by atoms with E-state index in [0.717, 1.165) is 29.9 Å². The van der Waals surface area contributed by atoms with Crippen LogP contribution in [0.3, 0.4) is 0 Å². The van der Waals surface area contributed by atoms with Gasteiger partial charge in [0.2, 0.25) is 0 Å². The fourth-order valence-electron chi connectivity index (χ4n) is 2.24. The number of aliphatic carboxylic acids is 1. The molecule has 1 heterocycles. The van der Waals surface area contributed by atoms with Gasteiger partial charge in [0.25, 0.3) is 0 Å². The lowest BCUT2D eigenvalue weighted by atomic mass is 10.2. The first kappa shape index (κ1) is 13.4. The van der Waals surface area contributed by atoms with Gasteiger partial charge in [-0.3, -0.25) is 4.79 Å². The van der Waals surface area contributed by atoms with Crippen LogP contribution in [-0.4, -0.2) is 26.4 Å². The summed E-state index contributed by atoms with van der Waals surface area (Å²) in [7, 11) is 0. The molecule has 0 spiro atoms. The number of halogens is 1. The van der Waals surface area contributed by atoms with Crippen LogP contribution in [-0.2, 0) is 11.3 Å². The Labute approximate surface area is 120 Å². The molecule has 0 unspecified atom stereocenters. The number of benzene rings is 1. The van der Waals surface area contributed by atoms with Crippen LogP contribution in [0.25, 0.3) is 11.0 Å².